The summed E-state index contributed by atoms with van der Waals surface area (Å²) in [6.07, 6.45) is 2.05. The average molecular weight is 307 g/mol. The molecule has 0 saturated heterocycles. The third-order valence-electron chi connectivity index (χ3n) is 2.61. The van der Waals surface area contributed by atoms with Gasteiger partial charge in [-0.15, -0.1) is 11.6 Å². The van der Waals surface area contributed by atoms with Crippen molar-refractivity contribution in [1.29, 1.82) is 0 Å². The second-order valence-corrected chi connectivity index (χ2v) is 6.43. The monoisotopic (exact) mass is 306 g/mol. The molecule has 0 aliphatic carbocycles. The summed E-state index contributed by atoms with van der Waals surface area (Å²) >= 11 is 5.64. The van der Waals surface area contributed by atoms with Crippen LogP contribution in [0.2, 0.25) is 0 Å². The van der Waals surface area contributed by atoms with Crippen LogP contribution in [0.1, 0.15) is 5.69 Å². The molecule has 0 unspecified atom stereocenters. The third-order valence-corrected chi connectivity index (χ3v) is 4.66. The van der Waals surface area contributed by atoms with Crippen LogP contribution in [0.5, 0.6) is 0 Å². The highest BCUT2D eigenvalue weighted by molar-refractivity contribution is 7.89. The topological polar surface area (TPSA) is 59.5 Å². The molecule has 0 amide bonds. The average Bonchev–Trinajstić information content (AvgIpc) is 2.42. The number of sulfonamides is 1. The van der Waals surface area contributed by atoms with Crippen LogP contribution < -0.4 is 0 Å². The molecule has 0 N–H and O–H groups in total. The van der Waals surface area contributed by atoms with Gasteiger partial charge in [0.1, 0.15) is 0 Å². The maximum absolute atomic E-state index is 12.2. The number of methoxy groups -OCH3 is 1. The highest BCUT2D eigenvalue weighted by atomic mass is 35.5. The van der Waals surface area contributed by atoms with E-state index in [1.807, 2.05) is 12.1 Å². The standard InChI is InChI=1S/C12H19ClN2O3S/c1-18-10-9-15(8-6-13)19(16,17)11-5-12-4-2-3-7-14-12/h2-4,7H,5-6,8-11H2,1H3. The molecule has 0 radical (unpaired) electrons. The normalized spacial score (nSPS) is 11.9. The molecule has 0 aliphatic rings. The van der Waals surface area contributed by atoms with Gasteiger partial charge in [0, 0.05) is 44.4 Å². The van der Waals surface area contributed by atoms with E-state index in [9.17, 15) is 8.42 Å². The molecule has 108 valence electrons. The number of aromatic nitrogens is 1. The van der Waals surface area contributed by atoms with Gasteiger partial charge in [0.05, 0.1) is 12.4 Å². The summed E-state index contributed by atoms with van der Waals surface area (Å²) < 4.78 is 30.7. The lowest BCUT2D eigenvalue weighted by molar-refractivity contribution is 0.180. The summed E-state index contributed by atoms with van der Waals surface area (Å²) in [6.45, 7) is 0.989. The van der Waals surface area contributed by atoms with Gasteiger partial charge in [0.2, 0.25) is 10.0 Å². The van der Waals surface area contributed by atoms with E-state index in [1.54, 1.807) is 19.4 Å². The zero-order chi connectivity index (χ0) is 14.1. The maximum Gasteiger partial charge on any atom is 0.214 e. The van der Waals surface area contributed by atoms with E-state index in [0.717, 1.165) is 5.69 Å². The minimum absolute atomic E-state index is 0.0324. The van der Waals surface area contributed by atoms with Gasteiger partial charge in [-0.1, -0.05) is 6.07 Å². The lowest BCUT2D eigenvalue weighted by atomic mass is 10.3. The van der Waals surface area contributed by atoms with Crippen molar-refractivity contribution in [3.05, 3.63) is 30.1 Å². The first-order chi connectivity index (χ1) is 9.10. The molecule has 19 heavy (non-hydrogen) atoms. The summed E-state index contributed by atoms with van der Waals surface area (Å²) in [5, 5.41) is 0. The van der Waals surface area contributed by atoms with E-state index >= 15 is 0 Å². The molecule has 1 heterocycles. The number of pyridine rings is 1. The summed E-state index contributed by atoms with van der Waals surface area (Å²) in [7, 11) is -1.79. The van der Waals surface area contributed by atoms with E-state index in [0.29, 0.717) is 26.1 Å². The number of nitrogens with zero attached hydrogens (tertiary/aromatic N) is 2. The largest absolute Gasteiger partial charge is 0.383 e. The first-order valence-electron chi connectivity index (χ1n) is 6.03. The Bertz CT molecular complexity index is 453. The number of aryl methyl sites for hydroxylation is 1. The van der Waals surface area contributed by atoms with Crippen LogP contribution in [0, 0.1) is 0 Å². The van der Waals surface area contributed by atoms with E-state index in [-0.39, 0.29) is 11.6 Å². The fourth-order valence-electron chi connectivity index (χ4n) is 1.59. The molecule has 0 aliphatic heterocycles. The Morgan fingerprint density at radius 3 is 2.74 bits per heavy atom. The van der Waals surface area contributed by atoms with Gasteiger partial charge in [-0.05, 0) is 12.1 Å². The van der Waals surface area contributed by atoms with Crippen molar-refractivity contribution in [2.75, 3.05) is 38.4 Å². The predicted octanol–water partition coefficient (Wildman–Crippen LogP) is 1.14. The van der Waals surface area contributed by atoms with Crippen LogP contribution in [0.3, 0.4) is 0 Å². The van der Waals surface area contributed by atoms with Crippen molar-refractivity contribution < 1.29 is 13.2 Å². The van der Waals surface area contributed by atoms with E-state index in [4.69, 9.17) is 16.3 Å². The highest BCUT2D eigenvalue weighted by Crippen LogP contribution is 2.05. The van der Waals surface area contributed by atoms with Gasteiger partial charge in [-0.3, -0.25) is 4.98 Å². The van der Waals surface area contributed by atoms with Crippen molar-refractivity contribution in [3.63, 3.8) is 0 Å². The Labute approximate surface area is 119 Å². The minimum atomic E-state index is -3.33. The Hall–Kier alpha value is -0.690. The van der Waals surface area contributed by atoms with Crippen molar-refractivity contribution in [1.82, 2.24) is 9.29 Å². The molecule has 0 bridgehead atoms. The summed E-state index contributed by atoms with van der Waals surface area (Å²) in [4.78, 5) is 4.12. The number of hydrogen-bond acceptors (Lipinski definition) is 4. The lowest BCUT2D eigenvalue weighted by Gasteiger charge is -2.20. The van der Waals surface area contributed by atoms with Gasteiger partial charge in [0.25, 0.3) is 0 Å². The van der Waals surface area contributed by atoms with Crippen LogP contribution in [-0.2, 0) is 21.2 Å². The van der Waals surface area contributed by atoms with Gasteiger partial charge in [-0.2, -0.15) is 4.31 Å². The molecular weight excluding hydrogens is 288 g/mol. The molecule has 0 atom stereocenters. The smallest absolute Gasteiger partial charge is 0.214 e. The van der Waals surface area contributed by atoms with E-state index in [1.165, 1.54) is 4.31 Å². The van der Waals surface area contributed by atoms with Gasteiger partial charge < -0.3 is 4.74 Å². The highest BCUT2D eigenvalue weighted by Gasteiger charge is 2.21. The minimum Gasteiger partial charge on any atom is -0.383 e. The summed E-state index contributed by atoms with van der Waals surface area (Å²) in [5.41, 5.74) is 0.767. The van der Waals surface area contributed by atoms with Crippen molar-refractivity contribution in [2.24, 2.45) is 0 Å². The fourth-order valence-corrected chi connectivity index (χ4v) is 3.34. The van der Waals surface area contributed by atoms with Crippen LogP contribution >= 0.6 is 11.6 Å². The maximum atomic E-state index is 12.2. The number of halogens is 1. The zero-order valence-electron chi connectivity index (χ0n) is 11.0. The Balaban J connectivity index is 2.61. The molecule has 7 heteroatoms. The molecule has 1 aromatic heterocycles. The SMILES string of the molecule is COCCN(CCCl)S(=O)(=O)CCc1ccccn1. The van der Waals surface area contributed by atoms with Gasteiger partial charge in [-0.25, -0.2) is 8.42 Å². The lowest BCUT2D eigenvalue weighted by Crippen LogP contribution is -2.37. The Morgan fingerprint density at radius 2 is 2.16 bits per heavy atom. The van der Waals surface area contributed by atoms with Gasteiger partial charge >= 0.3 is 0 Å². The summed E-state index contributed by atoms with van der Waals surface area (Å²) in [6, 6.07) is 5.46. The quantitative estimate of drug-likeness (QED) is 0.642. The van der Waals surface area contributed by atoms with Crippen LogP contribution in [0.4, 0.5) is 0 Å². The Kier molecular flexibility index (Phi) is 7.30. The molecule has 5 nitrogen and oxygen atoms in total. The first-order valence-corrected chi connectivity index (χ1v) is 8.17. The first kappa shape index (κ1) is 16.4. The molecule has 0 saturated carbocycles. The fraction of sp³-hybridized carbons (Fsp3) is 0.583. The van der Waals surface area contributed by atoms with E-state index in [2.05, 4.69) is 4.98 Å². The number of rotatable bonds is 9. The number of ether oxygens (including phenoxy) is 1. The second kappa shape index (κ2) is 8.47. The zero-order valence-corrected chi connectivity index (χ0v) is 12.5. The molecular formula is C12H19ClN2O3S. The molecule has 0 aromatic carbocycles. The molecule has 0 spiro atoms. The van der Waals surface area contributed by atoms with Crippen LogP contribution in [0.25, 0.3) is 0 Å². The summed E-state index contributed by atoms with van der Waals surface area (Å²) in [5.74, 6) is 0.303. The predicted molar refractivity (Wildman–Crippen MR) is 75.9 cm³/mol. The number of alkyl halides is 1. The van der Waals surface area contributed by atoms with Gasteiger partial charge in [0.15, 0.2) is 0 Å². The molecule has 0 fully saturated rings. The molecule has 1 rings (SSSR count). The van der Waals surface area contributed by atoms with Crippen molar-refractivity contribution in [2.45, 2.75) is 6.42 Å². The van der Waals surface area contributed by atoms with Crippen LogP contribution in [-0.4, -0.2) is 56.1 Å². The third kappa shape index (κ3) is 5.86. The van der Waals surface area contributed by atoms with Crippen LogP contribution in [0.15, 0.2) is 24.4 Å². The van der Waals surface area contributed by atoms with Crippen molar-refractivity contribution in [3.8, 4) is 0 Å². The number of hydrogen-bond donors (Lipinski definition) is 0. The van der Waals surface area contributed by atoms with Crippen molar-refractivity contribution >= 4 is 21.6 Å². The molecule has 1 aromatic rings. The second-order valence-electron chi connectivity index (χ2n) is 3.97. The van der Waals surface area contributed by atoms with E-state index < -0.39 is 10.0 Å². The Morgan fingerprint density at radius 1 is 1.37 bits per heavy atom.